The van der Waals surface area contributed by atoms with Crippen molar-refractivity contribution >= 4 is 49.1 Å². The lowest BCUT2D eigenvalue weighted by Crippen LogP contribution is -2.05. The van der Waals surface area contributed by atoms with Crippen LogP contribution in [-0.2, 0) is 4.79 Å². The first kappa shape index (κ1) is 34.3. The van der Waals surface area contributed by atoms with E-state index in [4.69, 9.17) is 5.73 Å². The monoisotopic (exact) mass is 736 g/mol. The molecule has 4 aromatic heterocycles. The molecule has 1 amide bonds. The summed E-state index contributed by atoms with van der Waals surface area (Å²) in [5, 5.41) is 36.2. The zero-order chi connectivity index (χ0) is 30.5. The maximum Gasteiger partial charge on any atom is 0.221 e. The van der Waals surface area contributed by atoms with Crippen LogP contribution in [0.15, 0.2) is 82.0 Å². The van der Waals surface area contributed by atoms with Crippen LogP contribution in [0.3, 0.4) is 0 Å². The second-order valence-corrected chi connectivity index (χ2v) is 10.8. The van der Waals surface area contributed by atoms with Crippen LogP contribution in [0.25, 0.3) is 45.8 Å². The summed E-state index contributed by atoms with van der Waals surface area (Å²) in [6.07, 6.45) is 3.09. The number of nitrogens with zero attached hydrogens (tertiary/aromatic N) is 6. The van der Waals surface area contributed by atoms with E-state index in [1.165, 1.54) is 13.1 Å². The molecule has 0 atom stereocenters. The number of benzene rings is 2. The second-order valence-electron chi connectivity index (χ2n) is 8.93. The lowest BCUT2D eigenvalue weighted by Gasteiger charge is -2.01. The number of halogens is 2. The van der Waals surface area contributed by atoms with Gasteiger partial charge in [-0.3, -0.25) is 25.0 Å². The van der Waals surface area contributed by atoms with Gasteiger partial charge in [-0.05, 0) is 60.7 Å². The topological polar surface area (TPSA) is 204 Å². The van der Waals surface area contributed by atoms with E-state index in [0.717, 1.165) is 8.95 Å². The summed E-state index contributed by atoms with van der Waals surface area (Å²) in [5.41, 5.74) is 9.03. The number of carbonyl (C=O) groups is 1. The molecule has 2 aromatic carbocycles. The van der Waals surface area contributed by atoms with Crippen LogP contribution >= 0.6 is 31.9 Å². The van der Waals surface area contributed by atoms with E-state index in [0.29, 0.717) is 57.2 Å². The molecule has 4 heterocycles. The smallest absolute Gasteiger partial charge is 0.221 e. The molecule has 13 nitrogen and oxygen atoms in total. The predicted octanol–water partition coefficient (Wildman–Crippen LogP) is 6.82. The third-order valence-electron chi connectivity index (χ3n) is 5.73. The Bertz CT molecular complexity index is 1890. The number of aromatic amines is 2. The van der Waals surface area contributed by atoms with Crippen molar-refractivity contribution in [3.8, 4) is 57.3 Å². The number of aromatic hydroxyl groups is 2. The van der Waals surface area contributed by atoms with E-state index in [2.05, 4.69) is 77.5 Å². The molecule has 0 spiro atoms. The third-order valence-corrected chi connectivity index (χ3v) is 6.71. The largest absolute Gasteiger partial charge is 0.507 e. The molecule has 7 N–H and O–H groups in total. The number of rotatable bonds is 5. The summed E-state index contributed by atoms with van der Waals surface area (Å²) in [6, 6.07) is 17.0. The highest BCUT2D eigenvalue weighted by Crippen LogP contribution is 2.31. The number of nitrogen functional groups attached to an aromatic ring is 1. The molecule has 6 rings (SSSR count). The number of phenols is 2. The van der Waals surface area contributed by atoms with Crippen molar-refractivity contribution in [3.05, 3.63) is 82.0 Å². The molecule has 0 bridgehead atoms. The molecule has 232 valence electrons. The lowest BCUT2D eigenvalue weighted by atomic mass is 10.2. The molecule has 6 aromatic rings. The molecule has 0 aliphatic heterocycles. The van der Waals surface area contributed by atoms with Crippen LogP contribution in [-0.4, -0.2) is 56.5 Å². The van der Waals surface area contributed by atoms with Gasteiger partial charge in [0, 0.05) is 15.9 Å². The SMILES string of the molecule is C.C.CC(=O)Nc1ccc(-c2nc(-c3cc(Br)ccc3O)n[nH]2)nc1.Nc1ccc(-c2nc(-c3cc(Br)ccc3O)n[nH]2)nc1. The van der Waals surface area contributed by atoms with Crippen LogP contribution in [0.5, 0.6) is 11.5 Å². The Morgan fingerprint density at radius 3 is 1.67 bits per heavy atom. The number of phenolic OH excluding ortho intramolecular Hbond substituents is 2. The Morgan fingerprint density at radius 2 is 1.24 bits per heavy atom. The summed E-state index contributed by atoms with van der Waals surface area (Å²) in [6.45, 7) is 1.43. The van der Waals surface area contributed by atoms with Gasteiger partial charge in [-0.25, -0.2) is 9.97 Å². The highest BCUT2D eigenvalue weighted by molar-refractivity contribution is 9.10. The van der Waals surface area contributed by atoms with Gasteiger partial charge in [0.25, 0.3) is 0 Å². The highest BCUT2D eigenvalue weighted by atomic mass is 79.9. The Morgan fingerprint density at radius 1 is 0.756 bits per heavy atom. The molecular formula is C30H30Br2N10O3. The average molecular weight is 738 g/mol. The van der Waals surface area contributed by atoms with E-state index in [1.54, 1.807) is 66.9 Å². The van der Waals surface area contributed by atoms with Gasteiger partial charge >= 0.3 is 0 Å². The van der Waals surface area contributed by atoms with Crippen molar-refractivity contribution in [2.45, 2.75) is 21.8 Å². The molecule has 0 aliphatic carbocycles. The van der Waals surface area contributed by atoms with E-state index in [9.17, 15) is 15.0 Å². The summed E-state index contributed by atoms with van der Waals surface area (Å²) >= 11 is 6.70. The van der Waals surface area contributed by atoms with Crippen molar-refractivity contribution < 1.29 is 15.0 Å². The average Bonchev–Trinajstić information content (AvgIpc) is 3.68. The molecule has 0 saturated heterocycles. The molecule has 0 fully saturated rings. The quantitative estimate of drug-likeness (QED) is 0.109. The Hall–Kier alpha value is -5.15. The van der Waals surface area contributed by atoms with Crippen molar-refractivity contribution in [1.82, 2.24) is 40.3 Å². The summed E-state index contributed by atoms with van der Waals surface area (Å²) in [7, 11) is 0. The fourth-order valence-electron chi connectivity index (χ4n) is 3.72. The van der Waals surface area contributed by atoms with E-state index >= 15 is 0 Å². The number of aromatic nitrogens is 8. The lowest BCUT2D eigenvalue weighted by molar-refractivity contribution is -0.114. The Balaban J connectivity index is 0.000000237. The molecule has 0 radical (unpaired) electrons. The number of H-pyrrole nitrogens is 2. The van der Waals surface area contributed by atoms with Crippen LogP contribution in [0.2, 0.25) is 0 Å². The predicted molar refractivity (Wildman–Crippen MR) is 181 cm³/mol. The number of anilines is 2. The minimum Gasteiger partial charge on any atom is -0.507 e. The van der Waals surface area contributed by atoms with Crippen LogP contribution in [0, 0.1) is 0 Å². The third kappa shape index (κ3) is 8.49. The van der Waals surface area contributed by atoms with E-state index in [-0.39, 0.29) is 32.3 Å². The minimum absolute atomic E-state index is 0. The Kier molecular flexibility index (Phi) is 11.5. The van der Waals surface area contributed by atoms with Crippen molar-refractivity contribution in [1.29, 1.82) is 0 Å². The summed E-state index contributed by atoms with van der Waals surface area (Å²) < 4.78 is 1.65. The molecular weight excluding hydrogens is 708 g/mol. The number of hydrogen-bond acceptors (Lipinski definition) is 10. The number of hydrogen-bond donors (Lipinski definition) is 6. The number of pyridine rings is 2. The standard InChI is InChI=1S/C15H12BrN5O2.C13H10BrN5O.2CH4/c1-8(22)18-10-3-4-12(17-7-10)15-19-14(20-21-15)11-6-9(16)2-5-13(11)23;14-7-1-4-11(20)9(5-7)12-17-13(19-18-12)10-3-2-8(15)6-16-10;;/h2-7,23H,1H3,(H,18,22)(H,19,20,21);1-6,20H,15H2,(H,17,18,19);2*1H4. The zero-order valence-corrected chi connectivity index (χ0v) is 25.4. The number of nitrogens with one attached hydrogen (secondary N) is 3. The fourth-order valence-corrected chi connectivity index (χ4v) is 4.45. The summed E-state index contributed by atoms with van der Waals surface area (Å²) in [4.78, 5) is 28.1. The fraction of sp³-hybridized carbons (Fsp3) is 0.100. The number of amides is 1. The molecule has 15 heteroatoms. The molecule has 45 heavy (non-hydrogen) atoms. The second kappa shape index (κ2) is 15.0. The maximum atomic E-state index is 11.0. The van der Waals surface area contributed by atoms with Gasteiger partial charge in [0.05, 0.1) is 34.9 Å². The van der Waals surface area contributed by atoms with Crippen LogP contribution in [0.1, 0.15) is 21.8 Å². The van der Waals surface area contributed by atoms with Crippen molar-refractivity contribution in [3.63, 3.8) is 0 Å². The maximum absolute atomic E-state index is 11.0. The first-order valence-corrected chi connectivity index (χ1v) is 14.0. The van der Waals surface area contributed by atoms with E-state index in [1.807, 2.05) is 0 Å². The number of carbonyl (C=O) groups excluding carboxylic acids is 1. The first-order valence-electron chi connectivity index (χ1n) is 12.4. The highest BCUT2D eigenvalue weighted by Gasteiger charge is 2.14. The summed E-state index contributed by atoms with van der Waals surface area (Å²) in [5.74, 6) is 1.79. The van der Waals surface area contributed by atoms with E-state index < -0.39 is 0 Å². The molecule has 0 aliphatic rings. The Labute approximate surface area is 275 Å². The van der Waals surface area contributed by atoms with Crippen LogP contribution < -0.4 is 11.1 Å². The molecule has 0 saturated carbocycles. The van der Waals surface area contributed by atoms with Gasteiger partial charge in [-0.15, -0.1) is 0 Å². The van der Waals surface area contributed by atoms with Gasteiger partial charge < -0.3 is 21.3 Å². The normalized spacial score (nSPS) is 10.1. The molecule has 0 unspecified atom stereocenters. The van der Waals surface area contributed by atoms with Crippen LogP contribution in [0.4, 0.5) is 11.4 Å². The zero-order valence-electron chi connectivity index (χ0n) is 22.2. The van der Waals surface area contributed by atoms with Gasteiger partial charge in [-0.2, -0.15) is 10.2 Å². The first-order chi connectivity index (χ1) is 20.7. The van der Waals surface area contributed by atoms with Gasteiger partial charge in [0.1, 0.15) is 22.9 Å². The number of nitrogens with two attached hydrogens (primary N) is 1. The van der Waals surface area contributed by atoms with Gasteiger partial charge in [0.15, 0.2) is 23.3 Å². The van der Waals surface area contributed by atoms with Gasteiger partial charge in [0.2, 0.25) is 5.91 Å². The van der Waals surface area contributed by atoms with Gasteiger partial charge in [-0.1, -0.05) is 46.7 Å². The minimum atomic E-state index is -0.161. The van der Waals surface area contributed by atoms with Crippen molar-refractivity contribution in [2.24, 2.45) is 0 Å². The van der Waals surface area contributed by atoms with Crippen molar-refractivity contribution in [2.75, 3.05) is 11.1 Å².